The highest BCUT2D eigenvalue weighted by molar-refractivity contribution is 5.98. The number of methoxy groups -OCH3 is 1. The molecule has 0 radical (unpaired) electrons. The van der Waals surface area contributed by atoms with Crippen molar-refractivity contribution >= 4 is 23.3 Å². The van der Waals surface area contributed by atoms with E-state index in [1.54, 1.807) is 6.92 Å². The van der Waals surface area contributed by atoms with Gasteiger partial charge in [0, 0.05) is 6.07 Å². The number of esters is 1. The van der Waals surface area contributed by atoms with Gasteiger partial charge < -0.3 is 14.8 Å². The first-order chi connectivity index (χ1) is 12.7. The van der Waals surface area contributed by atoms with Crippen LogP contribution in [0.15, 0.2) is 36.4 Å². The normalized spacial score (nSPS) is 11.4. The highest BCUT2D eigenvalue weighted by Gasteiger charge is 2.21. The lowest BCUT2D eigenvalue weighted by atomic mass is 10.1. The molecule has 1 amide bonds. The number of rotatable bonds is 6. The molecule has 0 aliphatic carbocycles. The molecule has 0 aromatic heterocycles. The second-order valence-corrected chi connectivity index (χ2v) is 5.64. The minimum absolute atomic E-state index is 0.0225. The van der Waals surface area contributed by atoms with E-state index >= 15 is 0 Å². The number of benzene rings is 2. The molecule has 0 saturated carbocycles. The van der Waals surface area contributed by atoms with Crippen molar-refractivity contribution in [1.82, 2.24) is 0 Å². The molecule has 0 unspecified atom stereocenters. The molecule has 2 aromatic carbocycles. The molecule has 2 aromatic rings. The number of carbonyl (C=O) groups excluding carboxylic acids is 2. The van der Waals surface area contributed by atoms with E-state index in [0.29, 0.717) is 5.56 Å². The van der Waals surface area contributed by atoms with Crippen LogP contribution >= 0.6 is 0 Å². The highest BCUT2D eigenvalue weighted by atomic mass is 19.1. The number of amides is 1. The van der Waals surface area contributed by atoms with E-state index in [9.17, 15) is 24.1 Å². The summed E-state index contributed by atoms with van der Waals surface area (Å²) in [5.74, 6) is -2.01. The number of carbonyl (C=O) groups is 2. The Hall–Kier alpha value is -3.49. The van der Waals surface area contributed by atoms with Gasteiger partial charge in [-0.2, -0.15) is 0 Å². The van der Waals surface area contributed by atoms with E-state index in [1.165, 1.54) is 38.3 Å². The van der Waals surface area contributed by atoms with Gasteiger partial charge in [0.2, 0.25) is 0 Å². The number of hydrogen-bond donors (Lipinski definition) is 1. The average Bonchev–Trinajstić information content (AvgIpc) is 2.63. The Kier molecular flexibility index (Phi) is 6.07. The highest BCUT2D eigenvalue weighted by Crippen LogP contribution is 2.29. The van der Waals surface area contributed by atoms with Gasteiger partial charge in [-0.15, -0.1) is 0 Å². The number of ether oxygens (including phenoxy) is 2. The molecule has 0 fully saturated rings. The number of hydrogen-bond acceptors (Lipinski definition) is 6. The molecule has 0 bridgehead atoms. The van der Waals surface area contributed by atoms with Gasteiger partial charge in [0.05, 0.1) is 29.4 Å². The van der Waals surface area contributed by atoms with Crippen LogP contribution < -0.4 is 10.1 Å². The van der Waals surface area contributed by atoms with E-state index in [2.05, 4.69) is 5.32 Å². The molecule has 0 aliphatic heterocycles. The quantitative estimate of drug-likeness (QED) is 0.471. The van der Waals surface area contributed by atoms with Crippen LogP contribution in [0.1, 0.15) is 22.8 Å². The molecule has 0 aliphatic rings. The number of aryl methyl sites for hydroxylation is 1. The summed E-state index contributed by atoms with van der Waals surface area (Å²) in [4.78, 5) is 34.5. The zero-order valence-corrected chi connectivity index (χ0v) is 14.8. The zero-order valence-electron chi connectivity index (χ0n) is 14.8. The van der Waals surface area contributed by atoms with Gasteiger partial charge in [0.15, 0.2) is 6.10 Å². The SMILES string of the molecule is COc1cc([N+](=O)[O-])ccc1NC(=O)[C@H](C)OC(=O)c1ccc(C)c(F)c1. The summed E-state index contributed by atoms with van der Waals surface area (Å²) in [7, 11) is 1.30. The molecule has 9 heteroatoms. The van der Waals surface area contributed by atoms with E-state index in [4.69, 9.17) is 9.47 Å². The molecule has 0 heterocycles. The zero-order chi connectivity index (χ0) is 20.1. The van der Waals surface area contributed by atoms with Crippen LogP contribution in [0.3, 0.4) is 0 Å². The third-order valence-electron chi connectivity index (χ3n) is 3.71. The lowest BCUT2D eigenvalue weighted by Gasteiger charge is -2.15. The van der Waals surface area contributed by atoms with Crippen LogP contribution in [0.4, 0.5) is 15.8 Å². The van der Waals surface area contributed by atoms with Crippen molar-refractivity contribution in [1.29, 1.82) is 0 Å². The second kappa shape index (κ2) is 8.26. The lowest BCUT2D eigenvalue weighted by Crippen LogP contribution is -2.30. The second-order valence-electron chi connectivity index (χ2n) is 5.64. The van der Waals surface area contributed by atoms with Crippen molar-refractivity contribution in [3.05, 3.63) is 63.5 Å². The Morgan fingerprint density at radius 3 is 2.52 bits per heavy atom. The summed E-state index contributed by atoms with van der Waals surface area (Å²) in [5, 5.41) is 13.3. The minimum atomic E-state index is -1.19. The average molecular weight is 376 g/mol. The summed E-state index contributed by atoms with van der Waals surface area (Å²) in [6, 6.07) is 7.51. The number of anilines is 1. The molecular weight excluding hydrogens is 359 g/mol. The fraction of sp³-hybridized carbons (Fsp3) is 0.222. The molecule has 1 atom stereocenters. The number of nitro groups is 1. The number of non-ortho nitro benzene ring substituents is 1. The van der Waals surface area contributed by atoms with Crippen LogP contribution in [0.5, 0.6) is 5.75 Å². The van der Waals surface area contributed by atoms with E-state index in [-0.39, 0.29) is 22.7 Å². The van der Waals surface area contributed by atoms with Crippen LogP contribution in [0.2, 0.25) is 0 Å². The van der Waals surface area contributed by atoms with Gasteiger partial charge >= 0.3 is 5.97 Å². The van der Waals surface area contributed by atoms with Gasteiger partial charge in [0.25, 0.3) is 11.6 Å². The van der Waals surface area contributed by atoms with Crippen molar-refractivity contribution in [2.75, 3.05) is 12.4 Å². The fourth-order valence-corrected chi connectivity index (χ4v) is 2.13. The standard InChI is InChI=1S/C18H17FN2O6/c1-10-4-5-12(8-14(10)19)18(23)27-11(2)17(22)20-15-7-6-13(21(24)25)9-16(15)26-3/h4-9,11H,1-3H3,(H,20,22)/t11-/m0/s1. The first-order valence-electron chi connectivity index (χ1n) is 7.83. The largest absolute Gasteiger partial charge is 0.494 e. The maximum absolute atomic E-state index is 13.5. The summed E-state index contributed by atoms with van der Waals surface area (Å²) in [6.07, 6.45) is -1.19. The van der Waals surface area contributed by atoms with Crippen molar-refractivity contribution in [3.63, 3.8) is 0 Å². The lowest BCUT2D eigenvalue weighted by molar-refractivity contribution is -0.384. The summed E-state index contributed by atoms with van der Waals surface area (Å²) in [5.41, 5.74) is 0.330. The maximum Gasteiger partial charge on any atom is 0.339 e. The molecule has 0 saturated heterocycles. The number of halogens is 1. The summed E-state index contributed by atoms with van der Waals surface area (Å²) in [6.45, 7) is 2.90. The number of nitrogens with one attached hydrogen (secondary N) is 1. The van der Waals surface area contributed by atoms with Gasteiger partial charge in [-0.1, -0.05) is 6.07 Å². The smallest absolute Gasteiger partial charge is 0.339 e. The molecule has 1 N–H and O–H groups in total. The van der Waals surface area contributed by atoms with Crippen molar-refractivity contribution in [2.24, 2.45) is 0 Å². The third kappa shape index (κ3) is 4.78. The molecule has 142 valence electrons. The first-order valence-corrected chi connectivity index (χ1v) is 7.83. The Bertz CT molecular complexity index is 899. The predicted molar refractivity (Wildman–Crippen MR) is 94.3 cm³/mol. The van der Waals surface area contributed by atoms with Crippen LogP contribution in [0.25, 0.3) is 0 Å². The Morgan fingerprint density at radius 2 is 1.93 bits per heavy atom. The summed E-state index contributed by atoms with van der Waals surface area (Å²) >= 11 is 0. The van der Waals surface area contributed by atoms with E-state index in [0.717, 1.165) is 12.1 Å². The first kappa shape index (κ1) is 19.8. The molecule has 2 rings (SSSR count). The monoisotopic (exact) mass is 376 g/mol. The molecular formula is C18H17FN2O6. The van der Waals surface area contributed by atoms with Gasteiger partial charge in [-0.25, -0.2) is 9.18 Å². The molecule has 27 heavy (non-hydrogen) atoms. The van der Waals surface area contributed by atoms with Gasteiger partial charge in [-0.3, -0.25) is 14.9 Å². The van der Waals surface area contributed by atoms with Gasteiger partial charge in [0.1, 0.15) is 11.6 Å². The molecule has 0 spiro atoms. The van der Waals surface area contributed by atoms with Crippen molar-refractivity contribution < 1.29 is 28.4 Å². The third-order valence-corrected chi connectivity index (χ3v) is 3.71. The number of nitro benzene ring substituents is 1. The summed E-state index contributed by atoms with van der Waals surface area (Å²) < 4.78 is 23.6. The Morgan fingerprint density at radius 1 is 1.22 bits per heavy atom. The van der Waals surface area contributed by atoms with E-state index in [1.807, 2.05) is 0 Å². The predicted octanol–water partition coefficient (Wildman–Crippen LogP) is 3.23. The number of nitrogens with zero attached hydrogens (tertiary/aromatic N) is 1. The van der Waals surface area contributed by atoms with E-state index < -0.39 is 28.7 Å². The minimum Gasteiger partial charge on any atom is -0.494 e. The topological polar surface area (TPSA) is 108 Å². The van der Waals surface area contributed by atoms with Crippen LogP contribution in [-0.2, 0) is 9.53 Å². The van der Waals surface area contributed by atoms with Crippen LogP contribution in [-0.4, -0.2) is 30.0 Å². The van der Waals surface area contributed by atoms with Crippen molar-refractivity contribution in [3.8, 4) is 5.75 Å². The van der Waals surface area contributed by atoms with Gasteiger partial charge in [-0.05, 0) is 37.6 Å². The van der Waals surface area contributed by atoms with Crippen LogP contribution in [0, 0.1) is 22.9 Å². The molecule has 8 nitrogen and oxygen atoms in total. The fourth-order valence-electron chi connectivity index (χ4n) is 2.13. The van der Waals surface area contributed by atoms with Crippen molar-refractivity contribution in [2.45, 2.75) is 20.0 Å². The Labute approximate surface area is 154 Å². The Balaban J connectivity index is 2.08. The maximum atomic E-state index is 13.5.